The Morgan fingerprint density at radius 3 is 2.69 bits per heavy atom. The van der Waals surface area contributed by atoms with E-state index in [-0.39, 0.29) is 16.8 Å². The second-order valence-electron chi connectivity index (χ2n) is 7.96. The van der Waals surface area contributed by atoms with Crippen molar-refractivity contribution in [2.75, 3.05) is 18.1 Å². The summed E-state index contributed by atoms with van der Waals surface area (Å²) in [4.78, 5) is 29.0. The van der Waals surface area contributed by atoms with Crippen LogP contribution in [0.3, 0.4) is 0 Å². The van der Waals surface area contributed by atoms with E-state index in [4.69, 9.17) is 13.9 Å². The predicted octanol–water partition coefficient (Wildman–Crippen LogP) is 5.68. The van der Waals surface area contributed by atoms with Crippen molar-refractivity contribution in [3.63, 3.8) is 0 Å². The van der Waals surface area contributed by atoms with Gasteiger partial charge in [0.25, 0.3) is 5.91 Å². The molecule has 0 radical (unpaired) electrons. The Morgan fingerprint density at radius 2 is 1.97 bits per heavy atom. The van der Waals surface area contributed by atoms with E-state index < -0.39 is 11.9 Å². The van der Waals surface area contributed by atoms with E-state index in [2.05, 4.69) is 32.7 Å². The van der Waals surface area contributed by atoms with Gasteiger partial charge in [-0.15, -0.1) is 10.2 Å². The summed E-state index contributed by atoms with van der Waals surface area (Å²) in [6, 6.07) is 9.72. The minimum absolute atomic E-state index is 0.00184. The van der Waals surface area contributed by atoms with Crippen LogP contribution in [0.25, 0.3) is 11.0 Å². The summed E-state index contributed by atoms with van der Waals surface area (Å²) in [5.74, 6) is 0.589. The third-order valence-electron chi connectivity index (χ3n) is 5.74. The van der Waals surface area contributed by atoms with Gasteiger partial charge in [0, 0.05) is 4.47 Å². The van der Waals surface area contributed by atoms with Crippen molar-refractivity contribution in [1.29, 1.82) is 0 Å². The van der Waals surface area contributed by atoms with E-state index >= 15 is 0 Å². The molecule has 1 atom stereocenters. The van der Waals surface area contributed by atoms with Crippen LogP contribution >= 0.6 is 27.3 Å². The zero-order chi connectivity index (χ0) is 25.4. The van der Waals surface area contributed by atoms with Crippen molar-refractivity contribution >= 4 is 49.3 Å². The van der Waals surface area contributed by atoms with Gasteiger partial charge >= 0.3 is 0 Å². The van der Waals surface area contributed by atoms with Gasteiger partial charge in [0.15, 0.2) is 16.9 Å². The summed E-state index contributed by atoms with van der Waals surface area (Å²) in [5.41, 5.74) is 0.969. The lowest BCUT2D eigenvalue weighted by Crippen LogP contribution is -2.29. The molecule has 0 saturated heterocycles. The molecule has 1 aliphatic heterocycles. The van der Waals surface area contributed by atoms with Gasteiger partial charge in [-0.25, -0.2) is 0 Å². The normalized spacial score (nSPS) is 14.8. The molecule has 184 valence electrons. The molecule has 0 bridgehead atoms. The summed E-state index contributed by atoms with van der Waals surface area (Å²) in [5, 5.41) is 10.0. The zero-order valence-corrected chi connectivity index (χ0v) is 22.0. The second kappa shape index (κ2) is 9.87. The van der Waals surface area contributed by atoms with E-state index in [0.717, 1.165) is 9.48 Å². The first kappa shape index (κ1) is 24.2. The quantitative estimate of drug-likeness (QED) is 0.252. The van der Waals surface area contributed by atoms with Crippen LogP contribution in [0, 0.1) is 0 Å². The van der Waals surface area contributed by atoms with Crippen LogP contribution < -0.4 is 19.8 Å². The number of amides is 1. The van der Waals surface area contributed by atoms with E-state index in [1.807, 2.05) is 19.9 Å². The van der Waals surface area contributed by atoms with Gasteiger partial charge in [0.2, 0.25) is 10.9 Å². The van der Waals surface area contributed by atoms with E-state index in [9.17, 15) is 9.59 Å². The van der Waals surface area contributed by atoms with Crippen LogP contribution in [-0.2, 0) is 6.42 Å². The molecule has 10 heteroatoms. The monoisotopic (exact) mass is 567 g/mol. The van der Waals surface area contributed by atoms with Crippen LogP contribution in [0.2, 0.25) is 0 Å². The molecule has 1 unspecified atom stereocenters. The average molecular weight is 568 g/mol. The number of fused-ring (bicyclic) bond motifs is 2. The lowest BCUT2D eigenvalue weighted by atomic mass is 9.98. The molecule has 1 amide bonds. The number of carbonyl (C=O) groups excluding carboxylic acids is 1. The van der Waals surface area contributed by atoms with Crippen molar-refractivity contribution < 1.29 is 18.7 Å². The number of carbonyl (C=O) groups is 1. The third kappa shape index (κ3) is 4.10. The molecular formula is C26H22BrN3O5S. The van der Waals surface area contributed by atoms with Crippen LogP contribution in [0.15, 0.2) is 62.7 Å². The fraction of sp³-hybridized carbons (Fsp3) is 0.231. The summed E-state index contributed by atoms with van der Waals surface area (Å²) >= 11 is 4.73. The van der Waals surface area contributed by atoms with Crippen LogP contribution in [0.5, 0.6) is 11.5 Å². The molecule has 0 spiro atoms. The lowest BCUT2D eigenvalue weighted by molar-refractivity contribution is 0.0970. The molecule has 8 nitrogen and oxygen atoms in total. The van der Waals surface area contributed by atoms with Crippen LogP contribution in [0.4, 0.5) is 5.13 Å². The van der Waals surface area contributed by atoms with Gasteiger partial charge in [-0.1, -0.05) is 52.9 Å². The zero-order valence-electron chi connectivity index (χ0n) is 19.6. The Balaban J connectivity index is 1.75. The standard InChI is InChI=1S/C26H22BrN3O5S/c1-4-11-34-18-9-7-14(12-19(18)33-6-3)22-21-23(31)16-13-15(27)8-10-17(16)35-24(21)25(32)30(22)26-29-28-20(5-2)36-26/h4,7-10,12-13,22H,1,5-6,11H2,2-3H3. The number of hydrogen-bond donors (Lipinski definition) is 0. The Labute approximate surface area is 219 Å². The molecule has 0 saturated carbocycles. The number of benzene rings is 2. The molecule has 1 aliphatic rings. The summed E-state index contributed by atoms with van der Waals surface area (Å²) in [7, 11) is 0. The molecule has 2 aromatic carbocycles. The summed E-state index contributed by atoms with van der Waals surface area (Å²) in [6.07, 6.45) is 2.32. The van der Waals surface area contributed by atoms with Gasteiger partial charge in [0.1, 0.15) is 17.2 Å². The van der Waals surface area contributed by atoms with Gasteiger partial charge in [0.05, 0.1) is 23.6 Å². The number of aryl methyl sites for hydroxylation is 1. The Bertz CT molecular complexity index is 1550. The maximum atomic E-state index is 13.8. The summed E-state index contributed by atoms with van der Waals surface area (Å²) in [6.45, 7) is 8.25. The maximum Gasteiger partial charge on any atom is 0.297 e. The fourth-order valence-electron chi connectivity index (χ4n) is 4.17. The van der Waals surface area contributed by atoms with E-state index in [1.54, 1.807) is 36.4 Å². The number of anilines is 1. The largest absolute Gasteiger partial charge is 0.490 e. The number of nitrogens with zero attached hydrogens (tertiary/aromatic N) is 3. The van der Waals surface area contributed by atoms with Crippen LogP contribution in [-0.4, -0.2) is 29.3 Å². The fourth-order valence-corrected chi connectivity index (χ4v) is 5.34. The number of rotatable bonds is 8. The Kier molecular flexibility index (Phi) is 6.63. The number of hydrogen-bond acceptors (Lipinski definition) is 8. The molecule has 5 rings (SSSR count). The van der Waals surface area contributed by atoms with Crippen molar-refractivity contribution in [1.82, 2.24) is 10.2 Å². The first-order valence-electron chi connectivity index (χ1n) is 11.4. The number of halogens is 1. The summed E-state index contributed by atoms with van der Waals surface area (Å²) < 4.78 is 18.3. The van der Waals surface area contributed by atoms with Gasteiger partial charge in [-0.3, -0.25) is 14.5 Å². The van der Waals surface area contributed by atoms with Crippen molar-refractivity contribution in [2.45, 2.75) is 26.3 Å². The third-order valence-corrected chi connectivity index (χ3v) is 7.30. The first-order chi connectivity index (χ1) is 17.5. The molecule has 0 N–H and O–H groups in total. The maximum absolute atomic E-state index is 13.8. The Morgan fingerprint density at radius 1 is 1.14 bits per heavy atom. The van der Waals surface area contributed by atoms with Gasteiger partial charge < -0.3 is 13.9 Å². The topological polar surface area (TPSA) is 94.8 Å². The molecule has 4 aromatic rings. The molecule has 36 heavy (non-hydrogen) atoms. The smallest absolute Gasteiger partial charge is 0.297 e. The highest BCUT2D eigenvalue weighted by Crippen LogP contribution is 2.44. The molecule has 0 aliphatic carbocycles. The molecular weight excluding hydrogens is 546 g/mol. The number of aromatic nitrogens is 2. The molecule has 0 fully saturated rings. The Hall–Kier alpha value is -3.50. The van der Waals surface area contributed by atoms with Gasteiger partial charge in [-0.2, -0.15) is 0 Å². The first-order valence-corrected chi connectivity index (χ1v) is 13.0. The second-order valence-corrected chi connectivity index (χ2v) is 9.92. The van der Waals surface area contributed by atoms with E-state index in [0.29, 0.717) is 52.8 Å². The van der Waals surface area contributed by atoms with Gasteiger partial charge in [-0.05, 0) is 49.2 Å². The average Bonchev–Trinajstić information content (AvgIpc) is 3.46. The minimum Gasteiger partial charge on any atom is -0.490 e. The van der Waals surface area contributed by atoms with Crippen molar-refractivity contribution in [2.24, 2.45) is 0 Å². The highest BCUT2D eigenvalue weighted by atomic mass is 79.9. The SMILES string of the molecule is C=CCOc1ccc(C2c3c(oc4ccc(Br)cc4c3=O)C(=O)N2c2nnc(CC)s2)cc1OCC. The highest BCUT2D eigenvalue weighted by molar-refractivity contribution is 9.10. The number of ether oxygens (including phenoxy) is 2. The van der Waals surface area contributed by atoms with Crippen LogP contribution in [0.1, 0.15) is 46.6 Å². The molecule has 2 aromatic heterocycles. The molecule has 3 heterocycles. The lowest BCUT2D eigenvalue weighted by Gasteiger charge is -2.23. The minimum atomic E-state index is -0.780. The van der Waals surface area contributed by atoms with Crippen molar-refractivity contribution in [3.8, 4) is 11.5 Å². The van der Waals surface area contributed by atoms with E-state index in [1.165, 1.54) is 16.2 Å². The highest BCUT2D eigenvalue weighted by Gasteiger charge is 2.45. The van der Waals surface area contributed by atoms with Crippen molar-refractivity contribution in [3.05, 3.63) is 85.6 Å². The predicted molar refractivity (Wildman–Crippen MR) is 141 cm³/mol.